The van der Waals surface area contributed by atoms with Crippen LogP contribution >= 0.6 is 0 Å². The Balaban J connectivity index is 1.83. The fraction of sp³-hybridized carbons (Fsp3) is 0.0476. The molecule has 2 N–H and O–H groups in total. The third-order valence-corrected chi connectivity index (χ3v) is 4.20. The van der Waals surface area contributed by atoms with Gasteiger partial charge in [-0.15, -0.1) is 0 Å². The van der Waals surface area contributed by atoms with Gasteiger partial charge in [-0.2, -0.15) is 5.10 Å². The number of hydrogen-bond acceptors (Lipinski definition) is 5. The van der Waals surface area contributed by atoms with E-state index in [2.05, 4.69) is 10.5 Å². The third kappa shape index (κ3) is 3.94. The van der Waals surface area contributed by atoms with Crippen LogP contribution in [0.1, 0.15) is 16.7 Å². The summed E-state index contributed by atoms with van der Waals surface area (Å²) in [5.41, 5.74) is 1.77. The first-order valence-electron chi connectivity index (χ1n) is 8.43. The van der Waals surface area contributed by atoms with Crippen molar-refractivity contribution in [1.29, 1.82) is 0 Å². The molecule has 0 heterocycles. The number of aliphatic hydroxyl groups is 1. The maximum Gasteiger partial charge on any atom is 0.281 e. The number of nitro groups is 1. The SMILES string of the molecule is O=C(NN=Cc1ccc([N+](=O)[O-])cc1)C(O)(c1ccccc1)c1ccccc1. The van der Waals surface area contributed by atoms with E-state index in [9.17, 15) is 20.0 Å². The number of amides is 1. The van der Waals surface area contributed by atoms with Crippen molar-refractivity contribution in [3.05, 3.63) is 112 Å². The predicted molar refractivity (Wildman–Crippen MR) is 105 cm³/mol. The highest BCUT2D eigenvalue weighted by Gasteiger charge is 2.39. The smallest absolute Gasteiger partial charge is 0.281 e. The molecule has 0 aliphatic rings. The fourth-order valence-corrected chi connectivity index (χ4v) is 2.72. The molecule has 140 valence electrons. The van der Waals surface area contributed by atoms with Crippen LogP contribution in [0.2, 0.25) is 0 Å². The molecule has 0 spiro atoms. The summed E-state index contributed by atoms with van der Waals surface area (Å²) >= 11 is 0. The monoisotopic (exact) mass is 375 g/mol. The minimum absolute atomic E-state index is 0.0382. The molecule has 0 atom stereocenters. The molecule has 0 bridgehead atoms. The number of nitrogens with one attached hydrogen (secondary N) is 1. The summed E-state index contributed by atoms with van der Waals surface area (Å²) < 4.78 is 0. The van der Waals surface area contributed by atoms with Gasteiger partial charge in [0.1, 0.15) is 0 Å². The van der Waals surface area contributed by atoms with Crippen LogP contribution in [0.4, 0.5) is 5.69 Å². The molecule has 28 heavy (non-hydrogen) atoms. The van der Waals surface area contributed by atoms with Gasteiger partial charge in [-0.3, -0.25) is 14.9 Å². The average Bonchev–Trinajstić information content (AvgIpc) is 2.74. The lowest BCUT2D eigenvalue weighted by Gasteiger charge is -2.27. The molecule has 0 aliphatic carbocycles. The number of nitrogens with zero attached hydrogens (tertiary/aromatic N) is 2. The molecule has 3 aromatic rings. The van der Waals surface area contributed by atoms with Gasteiger partial charge in [-0.25, -0.2) is 5.43 Å². The van der Waals surface area contributed by atoms with Gasteiger partial charge in [0.15, 0.2) is 5.60 Å². The normalized spacial score (nSPS) is 11.3. The molecule has 0 radical (unpaired) electrons. The van der Waals surface area contributed by atoms with Crippen LogP contribution < -0.4 is 5.43 Å². The van der Waals surface area contributed by atoms with E-state index in [0.29, 0.717) is 16.7 Å². The van der Waals surface area contributed by atoms with Crippen LogP contribution in [0.25, 0.3) is 0 Å². The first kappa shape index (κ1) is 18.9. The van der Waals surface area contributed by atoms with Crippen molar-refractivity contribution < 1.29 is 14.8 Å². The standard InChI is InChI=1S/C21H17N3O4/c25-20(23-22-15-16-11-13-19(14-12-16)24(27)28)21(26,17-7-3-1-4-8-17)18-9-5-2-6-10-18/h1-15,26H,(H,23,25). The summed E-state index contributed by atoms with van der Waals surface area (Å²) in [6, 6.07) is 22.8. The van der Waals surface area contributed by atoms with Gasteiger partial charge < -0.3 is 5.11 Å². The van der Waals surface area contributed by atoms with Crippen LogP contribution in [0.5, 0.6) is 0 Å². The zero-order chi connectivity index (χ0) is 20.0. The molecule has 0 saturated carbocycles. The molecule has 3 aromatic carbocycles. The number of carbonyl (C=O) groups excluding carboxylic acids is 1. The number of hydrogen-bond donors (Lipinski definition) is 2. The molecule has 3 rings (SSSR count). The zero-order valence-electron chi connectivity index (χ0n) is 14.7. The second-order valence-electron chi connectivity index (χ2n) is 5.99. The molecular formula is C21H17N3O4. The zero-order valence-corrected chi connectivity index (χ0v) is 14.7. The van der Waals surface area contributed by atoms with Gasteiger partial charge in [-0.1, -0.05) is 60.7 Å². The fourth-order valence-electron chi connectivity index (χ4n) is 2.72. The Hall–Kier alpha value is -3.84. The van der Waals surface area contributed by atoms with Crippen LogP contribution in [0.3, 0.4) is 0 Å². The lowest BCUT2D eigenvalue weighted by molar-refractivity contribution is -0.384. The van der Waals surface area contributed by atoms with E-state index in [4.69, 9.17) is 0 Å². The predicted octanol–water partition coefficient (Wildman–Crippen LogP) is 2.98. The minimum atomic E-state index is -1.92. The number of carbonyl (C=O) groups is 1. The third-order valence-electron chi connectivity index (χ3n) is 4.20. The van der Waals surface area contributed by atoms with E-state index in [1.807, 2.05) is 0 Å². The van der Waals surface area contributed by atoms with Crippen molar-refractivity contribution in [2.75, 3.05) is 0 Å². The van der Waals surface area contributed by atoms with Gasteiger partial charge in [0, 0.05) is 12.1 Å². The van der Waals surface area contributed by atoms with Crippen molar-refractivity contribution in [1.82, 2.24) is 5.43 Å². The first-order chi connectivity index (χ1) is 13.5. The van der Waals surface area contributed by atoms with Crippen molar-refractivity contribution in [2.24, 2.45) is 5.10 Å². The Morgan fingerprint density at radius 2 is 1.43 bits per heavy atom. The molecule has 0 unspecified atom stereocenters. The van der Waals surface area contributed by atoms with E-state index in [-0.39, 0.29) is 5.69 Å². The Labute approximate surface area is 161 Å². The maximum absolute atomic E-state index is 12.8. The Morgan fingerprint density at radius 3 is 1.89 bits per heavy atom. The van der Waals surface area contributed by atoms with Crippen LogP contribution in [0, 0.1) is 10.1 Å². The summed E-state index contributed by atoms with van der Waals surface area (Å²) in [6.45, 7) is 0. The first-order valence-corrected chi connectivity index (χ1v) is 8.43. The van der Waals surface area contributed by atoms with Crippen LogP contribution in [-0.4, -0.2) is 22.2 Å². The lowest BCUT2D eigenvalue weighted by atomic mass is 9.85. The molecule has 0 fully saturated rings. The van der Waals surface area contributed by atoms with Crippen LogP contribution in [-0.2, 0) is 10.4 Å². The summed E-state index contributed by atoms with van der Waals surface area (Å²) in [4.78, 5) is 23.0. The Bertz CT molecular complexity index is 948. The highest BCUT2D eigenvalue weighted by molar-refractivity contribution is 5.91. The summed E-state index contributed by atoms with van der Waals surface area (Å²) in [5.74, 6) is -0.719. The molecular weight excluding hydrogens is 358 g/mol. The van der Waals surface area contributed by atoms with Gasteiger partial charge in [-0.05, 0) is 28.8 Å². The largest absolute Gasteiger partial charge is 0.372 e. The molecule has 7 heteroatoms. The van der Waals surface area contributed by atoms with Crippen LogP contribution in [0.15, 0.2) is 90.0 Å². The number of nitro benzene ring substituents is 1. The molecule has 0 saturated heterocycles. The van der Waals surface area contributed by atoms with E-state index in [1.165, 1.54) is 30.5 Å². The topological polar surface area (TPSA) is 105 Å². The second-order valence-corrected chi connectivity index (χ2v) is 5.99. The van der Waals surface area contributed by atoms with Gasteiger partial charge in [0.05, 0.1) is 11.1 Å². The second kappa shape index (κ2) is 8.24. The highest BCUT2D eigenvalue weighted by atomic mass is 16.6. The summed E-state index contributed by atoms with van der Waals surface area (Å²) in [5, 5.41) is 25.8. The average molecular weight is 375 g/mol. The number of non-ortho nitro benzene ring substituents is 1. The van der Waals surface area contributed by atoms with E-state index < -0.39 is 16.4 Å². The van der Waals surface area contributed by atoms with Gasteiger partial charge >= 0.3 is 0 Å². The molecule has 7 nitrogen and oxygen atoms in total. The van der Waals surface area contributed by atoms with E-state index in [0.717, 1.165) is 0 Å². The molecule has 0 aromatic heterocycles. The minimum Gasteiger partial charge on any atom is -0.372 e. The van der Waals surface area contributed by atoms with Crippen molar-refractivity contribution in [3.8, 4) is 0 Å². The van der Waals surface area contributed by atoms with Crippen molar-refractivity contribution in [3.63, 3.8) is 0 Å². The Kier molecular flexibility index (Phi) is 5.57. The maximum atomic E-state index is 12.8. The van der Waals surface area contributed by atoms with E-state index >= 15 is 0 Å². The highest BCUT2D eigenvalue weighted by Crippen LogP contribution is 2.29. The number of hydrazone groups is 1. The van der Waals surface area contributed by atoms with Gasteiger partial charge in [0.2, 0.25) is 0 Å². The lowest BCUT2D eigenvalue weighted by Crippen LogP contribution is -2.43. The Morgan fingerprint density at radius 1 is 0.929 bits per heavy atom. The molecule has 1 amide bonds. The quantitative estimate of drug-likeness (QED) is 0.392. The number of rotatable bonds is 6. The van der Waals surface area contributed by atoms with E-state index in [1.54, 1.807) is 60.7 Å². The summed E-state index contributed by atoms with van der Waals surface area (Å²) in [7, 11) is 0. The van der Waals surface area contributed by atoms with Crippen molar-refractivity contribution >= 4 is 17.8 Å². The summed E-state index contributed by atoms with van der Waals surface area (Å²) in [6.07, 6.45) is 1.35. The van der Waals surface area contributed by atoms with Crippen molar-refractivity contribution in [2.45, 2.75) is 5.60 Å². The number of benzene rings is 3. The van der Waals surface area contributed by atoms with Gasteiger partial charge in [0.25, 0.3) is 11.6 Å². The molecule has 0 aliphatic heterocycles.